The molecule has 0 unspecified atom stereocenters. The number of aromatic amines is 1. The Bertz CT molecular complexity index is 426. The van der Waals surface area contributed by atoms with Crippen molar-refractivity contribution in [1.82, 2.24) is 4.98 Å². The molecule has 0 fully saturated rings. The van der Waals surface area contributed by atoms with Gasteiger partial charge in [0.25, 0.3) is 0 Å². The van der Waals surface area contributed by atoms with E-state index in [0.29, 0.717) is 4.47 Å². The number of hydrogen-bond donors (Lipinski definition) is 1. The SMILES string of the molecule is FC(F)(F)c1[nH]c(Br)c(Br)c(=S)c1Br. The van der Waals surface area contributed by atoms with Crippen molar-refractivity contribution in [2.24, 2.45) is 0 Å². The number of H-pyrrole nitrogens is 1. The highest BCUT2D eigenvalue weighted by atomic mass is 79.9. The zero-order valence-corrected chi connectivity index (χ0v) is 11.8. The van der Waals surface area contributed by atoms with Crippen LogP contribution >= 0.6 is 60.0 Å². The van der Waals surface area contributed by atoms with Crippen LogP contribution in [0.5, 0.6) is 0 Å². The van der Waals surface area contributed by atoms with Crippen LogP contribution in [0.3, 0.4) is 0 Å². The Morgan fingerprint density at radius 1 is 1.07 bits per heavy atom. The topological polar surface area (TPSA) is 15.8 Å². The second kappa shape index (κ2) is 4.23. The molecule has 1 aromatic rings. The summed E-state index contributed by atoms with van der Waals surface area (Å²) < 4.78 is 37.6. The zero-order valence-electron chi connectivity index (χ0n) is 6.18. The average Bonchev–Trinajstić information content (AvgIpc) is 2.06. The van der Waals surface area contributed by atoms with E-state index in [1.54, 1.807) is 0 Å². The van der Waals surface area contributed by atoms with Crippen molar-refractivity contribution >= 4 is 60.0 Å². The van der Waals surface area contributed by atoms with Crippen LogP contribution in [0, 0.1) is 4.51 Å². The third-order valence-corrected chi connectivity index (χ3v) is 4.98. The second-order valence-corrected chi connectivity index (χ2v) is 5.06. The van der Waals surface area contributed by atoms with Gasteiger partial charge < -0.3 is 4.98 Å². The molecule has 0 bridgehead atoms. The molecule has 8 heteroatoms. The Morgan fingerprint density at radius 3 is 2.00 bits per heavy atom. The number of rotatable bonds is 0. The Morgan fingerprint density at radius 2 is 1.57 bits per heavy atom. The Balaban J connectivity index is 3.58. The van der Waals surface area contributed by atoms with Gasteiger partial charge in [0, 0.05) is 0 Å². The van der Waals surface area contributed by atoms with Gasteiger partial charge in [-0.3, -0.25) is 0 Å². The Labute approximate surface area is 107 Å². The molecule has 0 saturated carbocycles. The highest BCUT2D eigenvalue weighted by molar-refractivity contribution is 9.13. The fraction of sp³-hybridized carbons (Fsp3) is 0.167. The lowest BCUT2D eigenvalue weighted by Crippen LogP contribution is -2.09. The maximum absolute atomic E-state index is 12.4. The number of aromatic nitrogens is 1. The number of alkyl halides is 3. The molecule has 0 amide bonds. The van der Waals surface area contributed by atoms with E-state index in [9.17, 15) is 13.2 Å². The largest absolute Gasteiger partial charge is 0.432 e. The van der Waals surface area contributed by atoms with Crippen LogP contribution in [0.25, 0.3) is 0 Å². The van der Waals surface area contributed by atoms with Crippen LogP contribution in [-0.4, -0.2) is 4.98 Å². The summed E-state index contributed by atoms with van der Waals surface area (Å²) in [6.45, 7) is 0. The van der Waals surface area contributed by atoms with E-state index in [-0.39, 0.29) is 13.6 Å². The molecular weight excluding hydrogens is 415 g/mol. The summed E-state index contributed by atoms with van der Waals surface area (Å²) in [7, 11) is 0. The number of nitrogens with one attached hydrogen (secondary N) is 1. The van der Waals surface area contributed by atoms with E-state index in [1.165, 1.54) is 0 Å². The summed E-state index contributed by atoms with van der Waals surface area (Å²) in [5.74, 6) is 0. The number of pyridine rings is 1. The molecule has 0 aliphatic heterocycles. The molecule has 0 radical (unpaired) electrons. The quantitative estimate of drug-likeness (QED) is 0.463. The predicted molar refractivity (Wildman–Crippen MR) is 59.7 cm³/mol. The van der Waals surface area contributed by atoms with Crippen LogP contribution < -0.4 is 0 Å². The van der Waals surface area contributed by atoms with Crippen molar-refractivity contribution in [3.8, 4) is 0 Å². The van der Waals surface area contributed by atoms with Gasteiger partial charge in [0.2, 0.25) is 0 Å². The lowest BCUT2D eigenvalue weighted by atomic mass is 10.3. The van der Waals surface area contributed by atoms with Gasteiger partial charge in [-0.05, 0) is 47.8 Å². The van der Waals surface area contributed by atoms with Crippen molar-refractivity contribution in [2.75, 3.05) is 0 Å². The van der Waals surface area contributed by atoms with Gasteiger partial charge in [-0.1, -0.05) is 12.2 Å². The molecular formula is C6HBr3F3NS. The van der Waals surface area contributed by atoms with E-state index in [4.69, 9.17) is 12.2 Å². The van der Waals surface area contributed by atoms with E-state index >= 15 is 0 Å². The molecule has 0 aliphatic rings. The highest BCUT2D eigenvalue weighted by Crippen LogP contribution is 2.37. The second-order valence-electron chi connectivity index (χ2n) is 2.27. The van der Waals surface area contributed by atoms with Gasteiger partial charge in [-0.2, -0.15) is 13.2 Å². The lowest BCUT2D eigenvalue weighted by Gasteiger charge is -2.10. The first-order chi connectivity index (χ1) is 6.25. The summed E-state index contributed by atoms with van der Waals surface area (Å²) in [5, 5.41) is 0. The number of hydrogen-bond acceptors (Lipinski definition) is 1. The first-order valence-corrected chi connectivity index (χ1v) is 5.88. The van der Waals surface area contributed by atoms with E-state index in [0.717, 1.165) is 0 Å². The lowest BCUT2D eigenvalue weighted by molar-refractivity contribution is -0.141. The van der Waals surface area contributed by atoms with Crippen LogP contribution in [0.4, 0.5) is 13.2 Å². The van der Waals surface area contributed by atoms with Gasteiger partial charge in [0.05, 0.1) is 18.1 Å². The fourth-order valence-electron chi connectivity index (χ4n) is 0.724. The van der Waals surface area contributed by atoms with E-state index < -0.39 is 11.9 Å². The van der Waals surface area contributed by atoms with Gasteiger partial charge >= 0.3 is 6.18 Å². The molecule has 1 heterocycles. The first kappa shape index (κ1) is 12.7. The van der Waals surface area contributed by atoms with Crippen molar-refractivity contribution in [1.29, 1.82) is 0 Å². The third kappa shape index (κ3) is 2.40. The molecule has 0 spiro atoms. The fourth-order valence-corrected chi connectivity index (χ4v) is 2.54. The van der Waals surface area contributed by atoms with Crippen molar-refractivity contribution < 1.29 is 13.2 Å². The summed E-state index contributed by atoms with van der Waals surface area (Å²) in [5.41, 5.74) is -0.905. The molecule has 0 saturated heterocycles. The van der Waals surface area contributed by atoms with Gasteiger partial charge in [0.15, 0.2) is 0 Å². The minimum absolute atomic E-state index is 0.0722. The minimum Gasteiger partial charge on any atom is -0.344 e. The molecule has 1 nitrogen and oxygen atoms in total. The molecule has 0 aliphatic carbocycles. The van der Waals surface area contributed by atoms with Gasteiger partial charge in [0.1, 0.15) is 5.69 Å². The van der Waals surface area contributed by atoms with Crippen LogP contribution in [0.1, 0.15) is 5.69 Å². The average molecular weight is 416 g/mol. The molecule has 1 N–H and O–H groups in total. The molecule has 0 atom stereocenters. The Hall–Kier alpha value is 0.600. The first-order valence-electron chi connectivity index (χ1n) is 3.09. The Kier molecular flexibility index (Phi) is 3.83. The van der Waals surface area contributed by atoms with E-state index in [1.807, 2.05) is 0 Å². The third-order valence-electron chi connectivity index (χ3n) is 1.33. The smallest absolute Gasteiger partial charge is 0.344 e. The maximum atomic E-state index is 12.4. The summed E-state index contributed by atoms with van der Waals surface area (Å²) in [6.07, 6.45) is -4.46. The normalized spacial score (nSPS) is 11.9. The van der Waals surface area contributed by atoms with Gasteiger partial charge in [-0.15, -0.1) is 0 Å². The summed E-state index contributed by atoms with van der Waals surface area (Å²) in [6, 6.07) is 0. The molecule has 1 aromatic heterocycles. The minimum atomic E-state index is -4.46. The maximum Gasteiger partial charge on any atom is 0.432 e. The molecule has 1 rings (SSSR count). The highest BCUT2D eigenvalue weighted by Gasteiger charge is 2.35. The summed E-state index contributed by atoms with van der Waals surface area (Å²) >= 11 is 13.6. The summed E-state index contributed by atoms with van der Waals surface area (Å²) in [4.78, 5) is 2.16. The van der Waals surface area contributed by atoms with Crippen LogP contribution in [0.15, 0.2) is 13.5 Å². The molecule has 78 valence electrons. The molecule has 14 heavy (non-hydrogen) atoms. The standard InChI is InChI=1S/C6HBr3F3NS/c7-1-3(14)2(8)5(9)13-4(1)6(10,11)12/h(H,13,14). The van der Waals surface area contributed by atoms with Crippen molar-refractivity contribution in [3.63, 3.8) is 0 Å². The molecule has 0 aromatic carbocycles. The monoisotopic (exact) mass is 413 g/mol. The zero-order chi connectivity index (χ0) is 11.1. The van der Waals surface area contributed by atoms with Crippen molar-refractivity contribution in [2.45, 2.75) is 6.18 Å². The van der Waals surface area contributed by atoms with Crippen molar-refractivity contribution in [3.05, 3.63) is 23.8 Å². The van der Waals surface area contributed by atoms with Crippen LogP contribution in [-0.2, 0) is 6.18 Å². The van der Waals surface area contributed by atoms with Gasteiger partial charge in [-0.25, -0.2) is 0 Å². The van der Waals surface area contributed by atoms with E-state index in [2.05, 4.69) is 52.8 Å². The number of halogens is 6. The predicted octanol–water partition coefficient (Wildman–Crippen LogP) is 5.05. The van der Waals surface area contributed by atoms with Crippen LogP contribution in [0.2, 0.25) is 0 Å².